The van der Waals surface area contributed by atoms with Crippen molar-refractivity contribution in [1.29, 1.82) is 42.1 Å². The quantitative estimate of drug-likeness (QED) is 0.269. The Labute approximate surface area is 280 Å². The number of benzene rings is 3. The fourth-order valence-corrected chi connectivity index (χ4v) is 5.15. The van der Waals surface area contributed by atoms with Gasteiger partial charge in [-0.2, -0.15) is 94.8 Å². The summed E-state index contributed by atoms with van der Waals surface area (Å²) >= 11 is 0. The molecule has 0 bridgehead atoms. The van der Waals surface area contributed by atoms with Crippen LogP contribution in [0.1, 0.15) is 66.8 Å². The molecular formula is C32H4F12N8. The summed E-state index contributed by atoms with van der Waals surface area (Å²) < 4.78 is 170. The molecule has 0 aliphatic rings. The summed E-state index contributed by atoms with van der Waals surface area (Å²) in [5.41, 5.74) is -26.6. The van der Waals surface area contributed by atoms with Crippen LogP contribution in [0.5, 0.6) is 0 Å². The van der Waals surface area contributed by atoms with E-state index in [1.807, 2.05) is 0 Å². The topological polar surface area (TPSA) is 190 Å². The van der Waals surface area contributed by atoms with Gasteiger partial charge in [0.15, 0.2) is 0 Å². The fourth-order valence-electron chi connectivity index (χ4n) is 5.15. The Morgan fingerprint density at radius 1 is 0.385 bits per heavy atom. The van der Waals surface area contributed by atoms with Crippen LogP contribution in [0.4, 0.5) is 52.7 Å². The lowest BCUT2D eigenvalue weighted by Crippen LogP contribution is -2.27. The van der Waals surface area contributed by atoms with Gasteiger partial charge in [-0.1, -0.05) is 12.1 Å². The molecule has 52 heavy (non-hydrogen) atoms. The van der Waals surface area contributed by atoms with Crippen LogP contribution in [0.25, 0.3) is 11.1 Å². The van der Waals surface area contributed by atoms with Gasteiger partial charge in [-0.3, -0.25) is 0 Å². The lowest BCUT2D eigenvalue weighted by Gasteiger charge is -2.22. The van der Waals surface area contributed by atoms with Crippen molar-refractivity contribution in [3.63, 3.8) is 0 Å². The van der Waals surface area contributed by atoms with Gasteiger partial charge < -0.3 is 0 Å². The number of hydrogen-bond acceptors (Lipinski definition) is 8. The Balaban J connectivity index is 2.89. The van der Waals surface area contributed by atoms with Crippen molar-refractivity contribution in [3.8, 4) is 48.6 Å². The van der Waals surface area contributed by atoms with Crippen LogP contribution < -0.4 is 10.4 Å². The molecule has 0 amide bonds. The first-order chi connectivity index (χ1) is 24.0. The van der Waals surface area contributed by atoms with Gasteiger partial charge in [0, 0.05) is 21.6 Å². The molecule has 8 nitrogen and oxygen atoms in total. The maximum atomic E-state index is 14.4. The van der Waals surface area contributed by atoms with E-state index in [1.54, 1.807) is 0 Å². The minimum absolute atomic E-state index is 0.0448. The number of hydrogen-bond donors (Lipinski definition) is 0. The van der Waals surface area contributed by atoms with Crippen LogP contribution in [0.2, 0.25) is 0 Å². The smallest absolute Gasteiger partial charge is 0.192 e. The second-order valence-electron chi connectivity index (χ2n) is 9.74. The monoisotopic (exact) mass is 728 g/mol. The van der Waals surface area contributed by atoms with E-state index in [0.717, 1.165) is 36.4 Å². The molecule has 0 heterocycles. The second-order valence-corrected chi connectivity index (χ2v) is 9.74. The molecule has 0 fully saturated rings. The summed E-state index contributed by atoms with van der Waals surface area (Å²) in [6.45, 7) is 0. The Morgan fingerprint density at radius 3 is 0.846 bits per heavy atom. The van der Waals surface area contributed by atoms with E-state index >= 15 is 0 Å². The number of alkyl halides is 12. The third-order valence-electron chi connectivity index (χ3n) is 6.96. The van der Waals surface area contributed by atoms with Crippen molar-refractivity contribution in [2.45, 2.75) is 24.7 Å². The number of halogens is 12. The molecule has 3 aromatic carbocycles. The highest BCUT2D eigenvalue weighted by Crippen LogP contribution is 2.48. The van der Waals surface area contributed by atoms with E-state index in [-0.39, 0.29) is 12.1 Å². The number of nitriles is 8. The van der Waals surface area contributed by atoms with Gasteiger partial charge in [0.25, 0.3) is 0 Å². The van der Waals surface area contributed by atoms with E-state index in [4.69, 9.17) is 10.5 Å². The Bertz CT molecular complexity index is 2370. The zero-order valence-electron chi connectivity index (χ0n) is 24.4. The summed E-state index contributed by atoms with van der Waals surface area (Å²) in [6, 6.07) is 9.22. The van der Waals surface area contributed by atoms with Gasteiger partial charge in [0.1, 0.15) is 24.3 Å². The Kier molecular flexibility index (Phi) is 10.0. The van der Waals surface area contributed by atoms with E-state index in [2.05, 4.69) is 0 Å². The van der Waals surface area contributed by atoms with Gasteiger partial charge >= 0.3 is 24.7 Å². The van der Waals surface area contributed by atoms with Gasteiger partial charge in [-0.15, -0.1) is 0 Å². The standard InChI is InChI=1S/C32H4F12N8/c33-29(34,35)25-15(7-47)3-13(5-45)23(27(25)31(39,40)41)21(11-51)17-1-2-18(20(10-50)19(17)9-49)22(12-52)24-14(6-46)4-16(8-48)26(30(36,37)38)28(24)32(42,43)44/h1-4H/b21-17-,22-18-. The highest BCUT2D eigenvalue weighted by Gasteiger charge is 2.50. The minimum atomic E-state index is -6.10. The van der Waals surface area contributed by atoms with Crippen LogP contribution in [-0.2, 0) is 24.7 Å². The molecule has 3 rings (SSSR count). The molecule has 0 aliphatic heterocycles. The third kappa shape index (κ3) is 6.57. The van der Waals surface area contributed by atoms with Crippen LogP contribution >= 0.6 is 0 Å². The lowest BCUT2D eigenvalue weighted by atomic mass is 9.84. The van der Waals surface area contributed by atoms with Crippen LogP contribution in [0.15, 0.2) is 24.3 Å². The first-order valence-corrected chi connectivity index (χ1v) is 12.9. The van der Waals surface area contributed by atoms with Crippen molar-refractivity contribution < 1.29 is 52.7 Å². The molecule has 0 spiro atoms. The van der Waals surface area contributed by atoms with Gasteiger partial charge in [0.2, 0.25) is 0 Å². The van der Waals surface area contributed by atoms with Crippen LogP contribution in [0.3, 0.4) is 0 Å². The molecule has 0 unspecified atom stereocenters. The average Bonchev–Trinajstić information content (AvgIpc) is 3.05. The van der Waals surface area contributed by atoms with Crippen molar-refractivity contribution in [3.05, 3.63) is 101 Å². The van der Waals surface area contributed by atoms with Gasteiger partial charge in [0.05, 0.1) is 91.1 Å². The molecule has 0 N–H and O–H groups in total. The van der Waals surface area contributed by atoms with Crippen LogP contribution in [-0.4, -0.2) is 0 Å². The second kappa shape index (κ2) is 13.4. The summed E-state index contributed by atoms with van der Waals surface area (Å²) in [4.78, 5) is 0. The Hall–Kier alpha value is -7.52. The van der Waals surface area contributed by atoms with Crippen molar-refractivity contribution in [2.75, 3.05) is 0 Å². The SMILES string of the molecule is N#C/C(c1c(C#N)cc(C#N)c(C(F)(F)F)c1C(F)(F)F)=c1\cc/c(=C(\C#N)c2c(C#N)cc(C#N)c(C(F)(F)F)c2C(F)(F)F)c(C#N)c1C#N. The first-order valence-electron chi connectivity index (χ1n) is 12.9. The third-order valence-corrected chi connectivity index (χ3v) is 6.96. The largest absolute Gasteiger partial charge is 0.418 e. The van der Waals surface area contributed by atoms with E-state index in [9.17, 15) is 84.3 Å². The minimum Gasteiger partial charge on any atom is -0.192 e. The average molecular weight is 728 g/mol. The highest BCUT2D eigenvalue weighted by atomic mass is 19.4. The van der Waals surface area contributed by atoms with E-state index in [0.29, 0.717) is 12.1 Å². The molecule has 0 saturated carbocycles. The van der Waals surface area contributed by atoms with Crippen molar-refractivity contribution in [1.82, 2.24) is 0 Å². The lowest BCUT2D eigenvalue weighted by molar-refractivity contribution is -0.162. The fraction of sp³-hybridized carbons (Fsp3) is 0.125. The maximum Gasteiger partial charge on any atom is 0.418 e. The molecule has 0 saturated heterocycles. The summed E-state index contributed by atoms with van der Waals surface area (Å²) in [5.74, 6) is 0. The molecule has 3 aromatic rings. The maximum absolute atomic E-state index is 14.4. The Morgan fingerprint density at radius 2 is 0.654 bits per heavy atom. The van der Waals surface area contributed by atoms with Gasteiger partial charge in [-0.05, 0) is 12.1 Å². The van der Waals surface area contributed by atoms with Crippen LogP contribution in [0, 0.1) is 90.6 Å². The molecule has 20 heteroatoms. The molecule has 0 aliphatic carbocycles. The predicted octanol–water partition coefficient (Wildman–Crippen LogP) is 6.44. The highest BCUT2D eigenvalue weighted by molar-refractivity contribution is 5.87. The number of nitrogens with zero attached hydrogens (tertiary/aromatic N) is 8. The summed E-state index contributed by atoms with van der Waals surface area (Å²) in [7, 11) is 0. The molecule has 0 radical (unpaired) electrons. The van der Waals surface area contributed by atoms with Crippen molar-refractivity contribution in [2.24, 2.45) is 0 Å². The number of rotatable bonds is 2. The summed E-state index contributed by atoms with van der Waals surface area (Å²) in [6.07, 6.45) is -24.1. The zero-order chi connectivity index (χ0) is 39.7. The van der Waals surface area contributed by atoms with E-state index in [1.165, 1.54) is 12.1 Å². The molecule has 256 valence electrons. The molecular weight excluding hydrogens is 724 g/mol. The normalized spacial score (nSPS) is 12.7. The molecule has 0 aromatic heterocycles. The molecule has 0 atom stereocenters. The van der Waals surface area contributed by atoms with Gasteiger partial charge in [-0.25, -0.2) is 0 Å². The summed E-state index contributed by atoms with van der Waals surface area (Å²) in [5, 5.41) is 74.9. The zero-order valence-corrected chi connectivity index (χ0v) is 24.4. The predicted molar refractivity (Wildman–Crippen MR) is 143 cm³/mol. The van der Waals surface area contributed by atoms with Crippen molar-refractivity contribution >= 4 is 11.1 Å². The first kappa shape index (κ1) is 38.9. The van der Waals surface area contributed by atoms with E-state index < -0.39 is 113 Å².